The van der Waals surface area contributed by atoms with Gasteiger partial charge in [0.25, 0.3) is 5.91 Å². The molecular formula is C15H12F3N3O3. The number of benzene rings is 1. The predicted molar refractivity (Wildman–Crippen MR) is 75.7 cm³/mol. The van der Waals surface area contributed by atoms with Crippen LogP contribution in [0.4, 0.5) is 13.2 Å². The number of nitrogens with zero attached hydrogens (tertiary/aromatic N) is 2. The first-order valence-electron chi connectivity index (χ1n) is 7.07. The molecule has 1 N–H and O–H groups in total. The molecule has 2 heterocycles. The second kappa shape index (κ2) is 5.66. The number of ether oxygens (including phenoxy) is 1. The van der Waals surface area contributed by atoms with Gasteiger partial charge in [-0.3, -0.25) is 4.79 Å². The van der Waals surface area contributed by atoms with Gasteiger partial charge in [-0.15, -0.1) is 0 Å². The molecular weight excluding hydrogens is 327 g/mol. The lowest BCUT2D eigenvalue weighted by molar-refractivity contribution is -0.143. The number of rotatable bonds is 3. The van der Waals surface area contributed by atoms with Gasteiger partial charge in [0, 0.05) is 17.7 Å². The van der Waals surface area contributed by atoms with Crippen molar-refractivity contribution >= 4 is 11.9 Å². The number of amides is 1. The zero-order chi connectivity index (χ0) is 17.5. The van der Waals surface area contributed by atoms with Crippen LogP contribution >= 0.6 is 0 Å². The van der Waals surface area contributed by atoms with Gasteiger partial charge >= 0.3 is 12.1 Å². The maximum absolute atomic E-state index is 13.5. The van der Waals surface area contributed by atoms with Crippen LogP contribution in [0.25, 0.3) is 5.69 Å². The summed E-state index contributed by atoms with van der Waals surface area (Å²) in [6, 6.07) is 4.39. The predicted octanol–water partition coefficient (Wildman–Crippen LogP) is 2.31. The number of nitrogens with one attached hydrogen (secondary N) is 1. The molecule has 0 unspecified atom stereocenters. The van der Waals surface area contributed by atoms with E-state index in [-0.39, 0.29) is 30.3 Å². The number of carbonyl (C=O) groups is 2. The van der Waals surface area contributed by atoms with E-state index in [9.17, 15) is 22.8 Å². The summed E-state index contributed by atoms with van der Waals surface area (Å²) >= 11 is 0. The first-order valence-corrected chi connectivity index (χ1v) is 7.07. The van der Waals surface area contributed by atoms with Crippen LogP contribution in [0.2, 0.25) is 0 Å². The molecule has 0 spiro atoms. The Kier molecular flexibility index (Phi) is 3.78. The Balaban J connectivity index is 2.20. The molecule has 0 saturated carbocycles. The van der Waals surface area contributed by atoms with Gasteiger partial charge < -0.3 is 10.1 Å². The van der Waals surface area contributed by atoms with Crippen molar-refractivity contribution < 1.29 is 27.5 Å². The molecule has 0 saturated heterocycles. The molecule has 126 valence electrons. The summed E-state index contributed by atoms with van der Waals surface area (Å²) < 4.78 is 45.8. The van der Waals surface area contributed by atoms with Crippen LogP contribution in [0, 0.1) is 0 Å². The Morgan fingerprint density at radius 3 is 2.83 bits per heavy atom. The zero-order valence-electron chi connectivity index (χ0n) is 12.5. The van der Waals surface area contributed by atoms with E-state index in [1.807, 2.05) is 0 Å². The Bertz CT molecular complexity index is 827. The first kappa shape index (κ1) is 16.0. The van der Waals surface area contributed by atoms with Crippen molar-refractivity contribution in [1.82, 2.24) is 15.1 Å². The molecule has 3 rings (SSSR count). The summed E-state index contributed by atoms with van der Waals surface area (Å²) in [5, 5.41) is 6.27. The second-order valence-corrected chi connectivity index (χ2v) is 5.02. The summed E-state index contributed by atoms with van der Waals surface area (Å²) in [6.45, 7) is 1.54. The van der Waals surface area contributed by atoms with Gasteiger partial charge in [0.2, 0.25) is 0 Å². The average Bonchev–Trinajstić information content (AvgIpc) is 3.11. The summed E-state index contributed by atoms with van der Waals surface area (Å²) in [7, 11) is 0. The van der Waals surface area contributed by atoms with E-state index < -0.39 is 23.4 Å². The van der Waals surface area contributed by atoms with Gasteiger partial charge in [-0.25, -0.2) is 9.48 Å². The highest BCUT2D eigenvalue weighted by atomic mass is 19.4. The van der Waals surface area contributed by atoms with Crippen molar-refractivity contribution in [3.63, 3.8) is 0 Å². The lowest BCUT2D eigenvalue weighted by atomic mass is 10.1. The fourth-order valence-electron chi connectivity index (χ4n) is 2.60. The van der Waals surface area contributed by atoms with Crippen LogP contribution in [-0.2, 0) is 17.5 Å². The quantitative estimate of drug-likeness (QED) is 0.871. The maximum Gasteiger partial charge on any atom is 0.434 e. The van der Waals surface area contributed by atoms with Crippen LogP contribution in [0.1, 0.15) is 38.9 Å². The highest BCUT2D eigenvalue weighted by Crippen LogP contribution is 2.35. The van der Waals surface area contributed by atoms with Crippen molar-refractivity contribution in [3.8, 4) is 5.69 Å². The number of hydrogen-bond donors (Lipinski definition) is 1. The number of alkyl halides is 3. The molecule has 9 heteroatoms. The smallest absolute Gasteiger partial charge is 0.434 e. The lowest BCUT2D eigenvalue weighted by Gasteiger charge is -2.14. The van der Waals surface area contributed by atoms with Crippen molar-refractivity contribution in [1.29, 1.82) is 0 Å². The van der Waals surface area contributed by atoms with E-state index in [2.05, 4.69) is 15.2 Å². The van der Waals surface area contributed by atoms with E-state index in [1.54, 1.807) is 0 Å². The number of carbonyl (C=O) groups excluding carboxylic acids is 2. The van der Waals surface area contributed by atoms with Gasteiger partial charge in [-0.1, -0.05) is 6.07 Å². The largest absolute Gasteiger partial charge is 0.462 e. The van der Waals surface area contributed by atoms with Crippen molar-refractivity contribution in [2.75, 3.05) is 6.61 Å². The van der Waals surface area contributed by atoms with Crippen LogP contribution in [0.15, 0.2) is 24.4 Å². The number of esters is 1. The second-order valence-electron chi connectivity index (χ2n) is 5.02. The van der Waals surface area contributed by atoms with E-state index in [4.69, 9.17) is 0 Å². The molecule has 2 aromatic rings. The summed E-state index contributed by atoms with van der Waals surface area (Å²) in [4.78, 5) is 23.5. The monoisotopic (exact) mass is 339 g/mol. The maximum atomic E-state index is 13.5. The van der Waals surface area contributed by atoms with Gasteiger partial charge in [0.05, 0.1) is 18.5 Å². The Labute approximate surface area is 134 Å². The molecule has 1 aliphatic heterocycles. The zero-order valence-corrected chi connectivity index (χ0v) is 12.5. The van der Waals surface area contributed by atoms with Gasteiger partial charge in [-0.2, -0.15) is 18.3 Å². The minimum Gasteiger partial charge on any atom is -0.462 e. The number of hydrogen-bond acceptors (Lipinski definition) is 4. The Morgan fingerprint density at radius 2 is 2.17 bits per heavy atom. The molecule has 0 aliphatic carbocycles. The van der Waals surface area contributed by atoms with Crippen molar-refractivity contribution in [2.45, 2.75) is 19.6 Å². The van der Waals surface area contributed by atoms with Crippen LogP contribution in [0.5, 0.6) is 0 Å². The van der Waals surface area contributed by atoms with Gasteiger partial charge in [-0.05, 0) is 19.1 Å². The molecule has 1 amide bonds. The molecule has 6 nitrogen and oxygen atoms in total. The number of halogens is 3. The summed E-state index contributed by atoms with van der Waals surface area (Å²) in [5.41, 5.74) is -1.12. The third-order valence-electron chi connectivity index (χ3n) is 3.58. The molecule has 0 bridgehead atoms. The third-order valence-corrected chi connectivity index (χ3v) is 3.58. The highest BCUT2D eigenvalue weighted by Gasteiger charge is 2.41. The Hall–Kier alpha value is -2.84. The summed E-state index contributed by atoms with van der Waals surface area (Å²) in [6.07, 6.45) is -4.00. The molecule has 0 fully saturated rings. The molecule has 0 atom stereocenters. The fraction of sp³-hybridized carbons (Fsp3) is 0.267. The van der Waals surface area contributed by atoms with Crippen molar-refractivity contribution in [3.05, 3.63) is 46.8 Å². The van der Waals surface area contributed by atoms with E-state index in [0.717, 1.165) is 6.20 Å². The molecule has 0 radical (unpaired) electrons. The van der Waals surface area contributed by atoms with Gasteiger partial charge in [0.1, 0.15) is 5.56 Å². The summed E-state index contributed by atoms with van der Waals surface area (Å²) in [5.74, 6) is -1.46. The normalized spacial score (nSPS) is 13.6. The minimum atomic E-state index is -4.82. The average molecular weight is 339 g/mol. The van der Waals surface area contributed by atoms with Gasteiger partial charge in [0.15, 0.2) is 5.69 Å². The van der Waals surface area contributed by atoms with Crippen LogP contribution in [0.3, 0.4) is 0 Å². The van der Waals surface area contributed by atoms with Crippen molar-refractivity contribution in [2.24, 2.45) is 0 Å². The minimum absolute atomic E-state index is 0.0551. The SMILES string of the molecule is CCOC(=O)c1cnn(-c2cccc3c2CNC3=O)c1C(F)(F)F. The van der Waals surface area contributed by atoms with E-state index >= 15 is 0 Å². The molecule has 1 aliphatic rings. The standard InChI is InChI=1S/C15H12F3N3O3/c1-2-24-14(23)10-7-20-21(12(10)15(16,17)18)11-5-3-4-8-9(11)6-19-13(8)22/h3-5,7H,2,6H2,1H3,(H,19,22). The third kappa shape index (κ3) is 2.51. The Morgan fingerprint density at radius 1 is 1.42 bits per heavy atom. The fourth-order valence-corrected chi connectivity index (χ4v) is 2.60. The van der Waals surface area contributed by atoms with E-state index in [1.165, 1.54) is 25.1 Å². The van der Waals surface area contributed by atoms with Crippen LogP contribution < -0.4 is 5.32 Å². The highest BCUT2D eigenvalue weighted by molar-refractivity contribution is 5.99. The van der Waals surface area contributed by atoms with E-state index in [0.29, 0.717) is 10.2 Å². The topological polar surface area (TPSA) is 73.2 Å². The number of aromatic nitrogens is 2. The number of fused-ring (bicyclic) bond motifs is 1. The first-order chi connectivity index (χ1) is 11.3. The molecule has 1 aromatic heterocycles. The lowest BCUT2D eigenvalue weighted by Crippen LogP contribution is -2.19. The molecule has 1 aromatic carbocycles. The van der Waals surface area contributed by atoms with Crippen LogP contribution in [-0.4, -0.2) is 28.3 Å². The molecule has 24 heavy (non-hydrogen) atoms.